The van der Waals surface area contributed by atoms with E-state index in [9.17, 15) is 20.2 Å². The van der Waals surface area contributed by atoms with Crippen molar-refractivity contribution in [1.82, 2.24) is 0 Å². The Morgan fingerprint density at radius 3 is 2.00 bits per heavy atom. The molecule has 2 aromatic carbocycles. The maximum atomic E-state index is 10.8. The van der Waals surface area contributed by atoms with Crippen LogP contribution in [0.3, 0.4) is 0 Å². The second-order valence-electron chi connectivity index (χ2n) is 4.00. The maximum Gasteiger partial charge on any atom is 0.346 e. The standard InChI is InChI=1S/C13H10N2O4/c16-14(17)12-7-6-11(9-13(12)15(18)19)8-10-4-2-1-3-5-10/h1-7,9H,8H2. The van der Waals surface area contributed by atoms with Crippen LogP contribution in [-0.4, -0.2) is 9.85 Å². The summed E-state index contributed by atoms with van der Waals surface area (Å²) in [6, 6.07) is 13.4. The quantitative estimate of drug-likeness (QED) is 0.622. The van der Waals surface area contributed by atoms with E-state index < -0.39 is 21.2 Å². The average Bonchev–Trinajstić information content (AvgIpc) is 2.39. The summed E-state index contributed by atoms with van der Waals surface area (Å²) in [6.07, 6.45) is 0.500. The topological polar surface area (TPSA) is 86.3 Å². The van der Waals surface area contributed by atoms with E-state index in [0.717, 1.165) is 5.56 Å². The van der Waals surface area contributed by atoms with Crippen LogP contribution in [0.4, 0.5) is 11.4 Å². The molecule has 0 N–H and O–H groups in total. The lowest BCUT2D eigenvalue weighted by molar-refractivity contribution is -0.422. The van der Waals surface area contributed by atoms with Gasteiger partial charge in [0.2, 0.25) is 0 Å². The molecule has 0 spiro atoms. The first kappa shape index (κ1) is 12.7. The zero-order valence-electron chi connectivity index (χ0n) is 9.85. The van der Waals surface area contributed by atoms with E-state index in [2.05, 4.69) is 0 Å². The SMILES string of the molecule is O=[N+]([O-])c1ccc(Cc2ccccc2)cc1[N+](=O)[O-]. The summed E-state index contributed by atoms with van der Waals surface area (Å²) in [7, 11) is 0. The first-order valence-electron chi connectivity index (χ1n) is 5.53. The van der Waals surface area contributed by atoms with Crippen LogP contribution < -0.4 is 0 Å². The molecule has 0 radical (unpaired) electrons. The van der Waals surface area contributed by atoms with E-state index in [1.54, 1.807) is 0 Å². The van der Waals surface area contributed by atoms with Crippen molar-refractivity contribution in [1.29, 1.82) is 0 Å². The van der Waals surface area contributed by atoms with Crippen LogP contribution in [0.15, 0.2) is 48.5 Å². The number of hydrogen-bond acceptors (Lipinski definition) is 4. The Bertz CT molecular complexity index is 626. The molecule has 6 nitrogen and oxygen atoms in total. The van der Waals surface area contributed by atoms with E-state index in [0.29, 0.717) is 12.0 Å². The largest absolute Gasteiger partial charge is 0.346 e. The van der Waals surface area contributed by atoms with E-state index in [1.807, 2.05) is 30.3 Å². The van der Waals surface area contributed by atoms with Crippen LogP contribution in [0, 0.1) is 20.2 Å². The molecule has 19 heavy (non-hydrogen) atoms. The molecule has 0 amide bonds. The Morgan fingerprint density at radius 1 is 0.789 bits per heavy atom. The summed E-state index contributed by atoms with van der Waals surface area (Å²) in [6.45, 7) is 0. The highest BCUT2D eigenvalue weighted by atomic mass is 16.6. The van der Waals surface area contributed by atoms with Gasteiger partial charge in [-0.1, -0.05) is 36.4 Å². The van der Waals surface area contributed by atoms with Gasteiger partial charge in [-0.15, -0.1) is 0 Å². The van der Waals surface area contributed by atoms with Crippen molar-refractivity contribution in [3.05, 3.63) is 79.9 Å². The monoisotopic (exact) mass is 258 g/mol. The van der Waals surface area contributed by atoms with Gasteiger partial charge in [-0.2, -0.15) is 0 Å². The van der Waals surface area contributed by atoms with Gasteiger partial charge in [0.05, 0.1) is 9.85 Å². The molecule has 0 bridgehead atoms. The molecule has 2 rings (SSSR count). The minimum absolute atomic E-state index is 0.474. The molecule has 0 aliphatic rings. The van der Waals surface area contributed by atoms with Crippen molar-refractivity contribution < 1.29 is 9.85 Å². The molecule has 0 saturated heterocycles. The van der Waals surface area contributed by atoms with Crippen LogP contribution in [0.25, 0.3) is 0 Å². The minimum atomic E-state index is -0.746. The summed E-state index contributed by atoms with van der Waals surface area (Å²) in [5, 5.41) is 21.5. The number of nitro benzene ring substituents is 2. The highest BCUT2D eigenvalue weighted by molar-refractivity contribution is 5.54. The molecule has 0 unspecified atom stereocenters. The number of nitro groups is 2. The van der Waals surface area contributed by atoms with Crippen molar-refractivity contribution in [2.45, 2.75) is 6.42 Å². The molecule has 0 aliphatic carbocycles. The van der Waals surface area contributed by atoms with Gasteiger partial charge >= 0.3 is 11.4 Å². The molecular formula is C13H10N2O4. The van der Waals surface area contributed by atoms with Gasteiger partial charge in [0.25, 0.3) is 0 Å². The molecule has 6 heteroatoms. The molecule has 2 aromatic rings. The normalized spacial score (nSPS) is 10.1. The lowest BCUT2D eigenvalue weighted by atomic mass is 10.0. The number of hydrogen-bond donors (Lipinski definition) is 0. The van der Waals surface area contributed by atoms with Gasteiger partial charge in [-0.05, 0) is 17.5 Å². The summed E-state index contributed by atoms with van der Waals surface area (Å²) in [5.41, 5.74) is 0.703. The van der Waals surface area contributed by atoms with Gasteiger partial charge in [0, 0.05) is 12.1 Å². The van der Waals surface area contributed by atoms with Crippen LogP contribution in [-0.2, 0) is 6.42 Å². The maximum absolute atomic E-state index is 10.8. The molecule has 0 aromatic heterocycles. The second kappa shape index (κ2) is 5.26. The van der Waals surface area contributed by atoms with Gasteiger partial charge in [-0.25, -0.2) is 0 Å². The summed E-state index contributed by atoms with van der Waals surface area (Å²) >= 11 is 0. The number of nitrogens with zero attached hydrogens (tertiary/aromatic N) is 2. The Hall–Kier alpha value is -2.76. The van der Waals surface area contributed by atoms with Gasteiger partial charge in [0.15, 0.2) is 0 Å². The molecule has 0 heterocycles. The first-order valence-corrected chi connectivity index (χ1v) is 5.53. The Labute approximate surface area is 108 Å². The third-order valence-electron chi connectivity index (χ3n) is 2.68. The van der Waals surface area contributed by atoms with Gasteiger partial charge in [0.1, 0.15) is 0 Å². The fraction of sp³-hybridized carbons (Fsp3) is 0.0769. The number of rotatable bonds is 4. The molecular weight excluding hydrogens is 248 g/mol. The first-order chi connectivity index (χ1) is 9.08. The highest BCUT2D eigenvalue weighted by Crippen LogP contribution is 2.28. The van der Waals surface area contributed by atoms with E-state index >= 15 is 0 Å². The van der Waals surface area contributed by atoms with Crippen molar-refractivity contribution in [2.75, 3.05) is 0 Å². The fourth-order valence-corrected chi connectivity index (χ4v) is 1.81. The van der Waals surface area contributed by atoms with Crippen molar-refractivity contribution in [3.63, 3.8) is 0 Å². The third kappa shape index (κ3) is 2.92. The third-order valence-corrected chi connectivity index (χ3v) is 2.68. The highest BCUT2D eigenvalue weighted by Gasteiger charge is 2.23. The van der Waals surface area contributed by atoms with E-state index in [1.165, 1.54) is 18.2 Å². The van der Waals surface area contributed by atoms with Crippen molar-refractivity contribution in [2.24, 2.45) is 0 Å². The lowest BCUT2D eigenvalue weighted by Crippen LogP contribution is -1.98. The predicted molar refractivity (Wildman–Crippen MR) is 69.0 cm³/mol. The van der Waals surface area contributed by atoms with Crippen molar-refractivity contribution in [3.8, 4) is 0 Å². The average molecular weight is 258 g/mol. The molecule has 0 fully saturated rings. The van der Waals surface area contributed by atoms with Gasteiger partial charge < -0.3 is 0 Å². The van der Waals surface area contributed by atoms with E-state index in [-0.39, 0.29) is 0 Å². The Kier molecular flexibility index (Phi) is 3.51. The molecule has 0 atom stereocenters. The molecule has 0 aliphatic heterocycles. The Balaban J connectivity index is 2.36. The van der Waals surface area contributed by atoms with Crippen LogP contribution in [0.2, 0.25) is 0 Å². The predicted octanol–water partition coefficient (Wildman–Crippen LogP) is 3.09. The smallest absolute Gasteiger partial charge is 0.258 e. The summed E-state index contributed by atoms with van der Waals surface area (Å²) in [5.74, 6) is 0. The lowest BCUT2D eigenvalue weighted by Gasteiger charge is -2.02. The zero-order valence-corrected chi connectivity index (χ0v) is 9.85. The molecule has 96 valence electrons. The van der Waals surface area contributed by atoms with Gasteiger partial charge in [-0.3, -0.25) is 20.2 Å². The summed E-state index contributed by atoms with van der Waals surface area (Å²) in [4.78, 5) is 20.1. The minimum Gasteiger partial charge on any atom is -0.258 e. The fourth-order valence-electron chi connectivity index (χ4n) is 1.81. The second-order valence-corrected chi connectivity index (χ2v) is 4.00. The number of benzene rings is 2. The Morgan fingerprint density at radius 2 is 1.42 bits per heavy atom. The zero-order chi connectivity index (χ0) is 13.8. The van der Waals surface area contributed by atoms with Crippen LogP contribution in [0.5, 0.6) is 0 Å². The summed E-state index contributed by atoms with van der Waals surface area (Å²) < 4.78 is 0. The van der Waals surface area contributed by atoms with Crippen LogP contribution in [0.1, 0.15) is 11.1 Å². The van der Waals surface area contributed by atoms with Crippen molar-refractivity contribution >= 4 is 11.4 Å². The van der Waals surface area contributed by atoms with E-state index in [4.69, 9.17) is 0 Å². The molecule has 0 saturated carbocycles. The van der Waals surface area contributed by atoms with Crippen LogP contribution >= 0.6 is 0 Å².